The molecule has 1 aliphatic rings. The van der Waals surface area contributed by atoms with Gasteiger partial charge >= 0.3 is 0 Å². The normalized spacial score (nSPS) is 14.3. The van der Waals surface area contributed by atoms with Crippen molar-refractivity contribution >= 4 is 55.7 Å². The predicted octanol–water partition coefficient (Wildman–Crippen LogP) is 7.44. The van der Waals surface area contributed by atoms with E-state index in [1.54, 1.807) is 30.3 Å². The van der Waals surface area contributed by atoms with Crippen LogP contribution < -0.4 is 14.2 Å². The van der Waals surface area contributed by atoms with Crippen molar-refractivity contribution in [3.63, 3.8) is 0 Å². The quantitative estimate of drug-likeness (QED) is 0.184. The Morgan fingerprint density at radius 2 is 1.72 bits per heavy atom. The fourth-order valence-corrected chi connectivity index (χ4v) is 5.55. The van der Waals surface area contributed by atoms with Gasteiger partial charge < -0.3 is 14.2 Å². The van der Waals surface area contributed by atoms with Crippen LogP contribution in [0, 0.1) is 5.82 Å². The Bertz CT molecular complexity index is 1570. The molecular formula is C30H23BrFNO5S. The Balaban J connectivity index is 1.26. The summed E-state index contributed by atoms with van der Waals surface area (Å²) in [5, 5.41) is 1.68. The average Bonchev–Trinajstić information content (AvgIpc) is 3.20. The first-order valence-corrected chi connectivity index (χ1v) is 13.6. The fraction of sp³-hybridized carbons (Fsp3) is 0.133. The second-order valence-electron chi connectivity index (χ2n) is 8.61. The summed E-state index contributed by atoms with van der Waals surface area (Å²) >= 11 is 4.39. The van der Waals surface area contributed by atoms with Gasteiger partial charge in [0, 0.05) is 5.39 Å². The summed E-state index contributed by atoms with van der Waals surface area (Å²) in [6.07, 6.45) is 1.65. The second kappa shape index (κ2) is 11.9. The van der Waals surface area contributed by atoms with Crippen LogP contribution >= 0.6 is 27.7 Å². The van der Waals surface area contributed by atoms with Gasteiger partial charge in [-0.25, -0.2) is 4.39 Å². The van der Waals surface area contributed by atoms with Crippen molar-refractivity contribution in [3.05, 3.63) is 105 Å². The van der Waals surface area contributed by atoms with Gasteiger partial charge in [0.25, 0.3) is 11.1 Å². The molecule has 4 aromatic carbocycles. The molecule has 5 rings (SSSR count). The minimum Gasteiger partial charge on any atom is -0.493 e. The number of nitrogens with zero attached hydrogens (tertiary/aromatic N) is 1. The summed E-state index contributed by atoms with van der Waals surface area (Å²) in [6.45, 7) is 0.529. The third-order valence-electron chi connectivity index (χ3n) is 6.04. The Morgan fingerprint density at radius 1 is 0.949 bits per heavy atom. The number of benzene rings is 4. The van der Waals surface area contributed by atoms with Crippen molar-refractivity contribution in [2.45, 2.75) is 6.61 Å². The van der Waals surface area contributed by atoms with Crippen LogP contribution in [0.15, 0.2) is 88.2 Å². The molecule has 198 valence electrons. The van der Waals surface area contributed by atoms with Crippen LogP contribution in [0.5, 0.6) is 17.2 Å². The number of rotatable bonds is 9. The van der Waals surface area contributed by atoms with Crippen LogP contribution in [0.3, 0.4) is 0 Å². The number of halogens is 2. The van der Waals surface area contributed by atoms with E-state index in [2.05, 4.69) is 15.9 Å². The molecule has 2 amide bonds. The first-order chi connectivity index (χ1) is 18.9. The molecule has 1 heterocycles. The van der Waals surface area contributed by atoms with Crippen LogP contribution in [-0.4, -0.2) is 36.3 Å². The van der Waals surface area contributed by atoms with Crippen LogP contribution in [-0.2, 0) is 11.4 Å². The zero-order chi connectivity index (χ0) is 27.4. The van der Waals surface area contributed by atoms with E-state index in [0.717, 1.165) is 28.1 Å². The number of methoxy groups -OCH3 is 1. The molecule has 39 heavy (non-hydrogen) atoms. The lowest BCUT2D eigenvalue weighted by Gasteiger charge is -2.14. The van der Waals surface area contributed by atoms with Crippen molar-refractivity contribution in [1.82, 2.24) is 4.90 Å². The van der Waals surface area contributed by atoms with Crippen LogP contribution in [0.25, 0.3) is 16.8 Å². The number of hydrogen-bond donors (Lipinski definition) is 0. The molecule has 0 saturated carbocycles. The molecule has 1 saturated heterocycles. The predicted molar refractivity (Wildman–Crippen MR) is 154 cm³/mol. The lowest BCUT2D eigenvalue weighted by molar-refractivity contribution is -0.123. The first-order valence-electron chi connectivity index (χ1n) is 12.0. The third-order valence-corrected chi connectivity index (χ3v) is 7.54. The highest BCUT2D eigenvalue weighted by molar-refractivity contribution is 9.10. The number of amides is 2. The van der Waals surface area contributed by atoms with Crippen molar-refractivity contribution in [2.24, 2.45) is 0 Å². The van der Waals surface area contributed by atoms with Gasteiger partial charge in [0.2, 0.25) is 0 Å². The summed E-state index contributed by atoms with van der Waals surface area (Å²) < 4.78 is 31.1. The van der Waals surface area contributed by atoms with Crippen molar-refractivity contribution < 1.29 is 28.2 Å². The van der Waals surface area contributed by atoms with E-state index in [1.165, 1.54) is 24.1 Å². The fourth-order valence-electron chi connectivity index (χ4n) is 4.11. The van der Waals surface area contributed by atoms with E-state index in [0.29, 0.717) is 32.2 Å². The van der Waals surface area contributed by atoms with Gasteiger partial charge in [0.15, 0.2) is 11.5 Å². The highest BCUT2D eigenvalue weighted by atomic mass is 79.9. The molecule has 9 heteroatoms. The molecule has 0 bridgehead atoms. The smallest absolute Gasteiger partial charge is 0.293 e. The molecule has 6 nitrogen and oxygen atoms in total. The number of ether oxygens (including phenoxy) is 3. The zero-order valence-electron chi connectivity index (χ0n) is 20.9. The van der Waals surface area contributed by atoms with E-state index in [-0.39, 0.29) is 36.7 Å². The maximum absolute atomic E-state index is 13.2. The summed E-state index contributed by atoms with van der Waals surface area (Å²) in [7, 11) is 1.51. The van der Waals surface area contributed by atoms with Gasteiger partial charge in [0.1, 0.15) is 24.8 Å². The minimum atomic E-state index is -0.377. The van der Waals surface area contributed by atoms with Gasteiger partial charge in [0.05, 0.1) is 23.0 Å². The first kappa shape index (κ1) is 26.8. The van der Waals surface area contributed by atoms with Crippen molar-refractivity contribution in [2.75, 3.05) is 20.3 Å². The second-order valence-corrected chi connectivity index (χ2v) is 10.5. The van der Waals surface area contributed by atoms with E-state index in [9.17, 15) is 14.0 Å². The van der Waals surface area contributed by atoms with Gasteiger partial charge in [-0.1, -0.05) is 48.5 Å². The lowest BCUT2D eigenvalue weighted by atomic mass is 10.1. The van der Waals surface area contributed by atoms with E-state index in [4.69, 9.17) is 14.2 Å². The summed E-state index contributed by atoms with van der Waals surface area (Å²) in [5.41, 5.74) is 1.46. The number of carbonyl (C=O) groups excluding carboxylic acids is 2. The number of carbonyl (C=O) groups is 2. The summed E-state index contributed by atoms with van der Waals surface area (Å²) in [5.74, 6) is 0.925. The number of hydrogen-bond acceptors (Lipinski definition) is 6. The molecule has 0 N–H and O–H groups in total. The number of thioether (sulfide) groups is 1. The van der Waals surface area contributed by atoms with Gasteiger partial charge in [-0.2, -0.15) is 0 Å². The number of imide groups is 1. The standard InChI is InChI=1S/C30H23BrFNO5S/c1-36-26-16-20(15-24(31)28(26)38-18-19-9-11-22(32)12-10-19)17-27-29(34)33(30(35)39-27)13-14-37-25-8-4-6-21-5-2-3-7-23(21)25/h2-12,15-17H,13-14,18H2,1H3/b27-17-. The Hall–Kier alpha value is -3.82. The molecule has 0 atom stereocenters. The maximum Gasteiger partial charge on any atom is 0.293 e. The van der Waals surface area contributed by atoms with Crippen LogP contribution in [0.2, 0.25) is 0 Å². The van der Waals surface area contributed by atoms with Gasteiger partial charge in [-0.3, -0.25) is 14.5 Å². The summed E-state index contributed by atoms with van der Waals surface area (Å²) in [4.78, 5) is 27.1. The zero-order valence-corrected chi connectivity index (χ0v) is 23.3. The van der Waals surface area contributed by atoms with Crippen LogP contribution in [0.4, 0.5) is 9.18 Å². The molecule has 0 radical (unpaired) electrons. The molecule has 1 aliphatic heterocycles. The minimum absolute atomic E-state index is 0.133. The van der Waals surface area contributed by atoms with E-state index in [1.807, 2.05) is 42.5 Å². The van der Waals surface area contributed by atoms with E-state index >= 15 is 0 Å². The topological polar surface area (TPSA) is 65.1 Å². The summed E-state index contributed by atoms with van der Waals surface area (Å²) in [6, 6.07) is 23.2. The Labute approximate surface area is 237 Å². The lowest BCUT2D eigenvalue weighted by Crippen LogP contribution is -2.32. The average molecular weight is 608 g/mol. The maximum atomic E-state index is 13.2. The molecule has 4 aromatic rings. The van der Waals surface area contributed by atoms with Crippen LogP contribution in [0.1, 0.15) is 11.1 Å². The highest BCUT2D eigenvalue weighted by Crippen LogP contribution is 2.39. The van der Waals surface area contributed by atoms with Gasteiger partial charge in [-0.15, -0.1) is 0 Å². The third kappa shape index (κ3) is 6.10. The van der Waals surface area contributed by atoms with Gasteiger partial charge in [-0.05, 0) is 80.6 Å². The Kier molecular flexibility index (Phi) is 8.18. The number of fused-ring (bicyclic) bond motifs is 1. The molecule has 0 aromatic heterocycles. The molecular weight excluding hydrogens is 585 g/mol. The molecule has 0 unspecified atom stereocenters. The SMILES string of the molecule is COc1cc(/C=C2\SC(=O)N(CCOc3cccc4ccccc34)C2=O)cc(Br)c1OCc1ccc(F)cc1. The van der Waals surface area contributed by atoms with Crippen molar-refractivity contribution in [3.8, 4) is 17.2 Å². The van der Waals surface area contributed by atoms with E-state index < -0.39 is 0 Å². The Morgan fingerprint density at radius 3 is 2.51 bits per heavy atom. The largest absolute Gasteiger partial charge is 0.493 e. The monoisotopic (exact) mass is 607 g/mol. The molecule has 0 spiro atoms. The molecule has 1 fully saturated rings. The molecule has 0 aliphatic carbocycles. The van der Waals surface area contributed by atoms with Crippen molar-refractivity contribution in [1.29, 1.82) is 0 Å². The highest BCUT2D eigenvalue weighted by Gasteiger charge is 2.35.